The highest BCUT2D eigenvalue weighted by Gasteiger charge is 2.66. The predicted molar refractivity (Wildman–Crippen MR) is 158 cm³/mol. The van der Waals surface area contributed by atoms with Gasteiger partial charge in [-0.2, -0.15) is 0 Å². The van der Waals surface area contributed by atoms with Gasteiger partial charge in [-0.05, 0) is 19.1 Å². The number of thiazole rings is 1. The summed E-state index contributed by atoms with van der Waals surface area (Å²) in [5.74, 6) is -6.72. The van der Waals surface area contributed by atoms with Crippen molar-refractivity contribution in [1.82, 2.24) is 30.5 Å². The van der Waals surface area contributed by atoms with Crippen LogP contribution in [-0.2, 0) is 24.0 Å². The highest BCUT2D eigenvalue weighted by atomic mass is 35.5. The summed E-state index contributed by atoms with van der Waals surface area (Å²) in [5.41, 5.74) is 7.12. The van der Waals surface area contributed by atoms with Gasteiger partial charge in [-0.3, -0.25) is 24.7 Å². The fourth-order valence-electron chi connectivity index (χ4n) is 4.68. The lowest BCUT2D eigenvalue weighted by atomic mass is 10.1. The molecular weight excluding hydrogens is 676 g/mol. The standard InChI is InChI=1S/C24H23ClN8O11S2/c1-8(20(39)40)44-30-13(10-6-45-22(26)27-10)17(37)28-14-18(38)31-7-24(21(41)42,46-19(14)31)32-4-5-33(23(32)43)29-16(36)9-2-3-11(34)15(35)12(9)25/h2-3,6,8,14,19,34-35H,4-5,7H2,1H3,(H2,26,27)(H,28,37)(H,29,36)(H,39,40)(H,41,42)/b30-13-/t8-,14+,19+,24+/m0/s1. The number of nitrogens with one attached hydrogen (secondary N) is 2. The largest absolute Gasteiger partial charge is 0.504 e. The van der Waals surface area contributed by atoms with Crippen LogP contribution in [0.5, 0.6) is 11.5 Å². The average molecular weight is 699 g/mol. The van der Waals surface area contributed by atoms with Gasteiger partial charge in [-0.1, -0.05) is 28.5 Å². The normalized spacial score (nSPS) is 23.1. The Morgan fingerprint density at radius 1 is 1.22 bits per heavy atom. The summed E-state index contributed by atoms with van der Waals surface area (Å²) < 4.78 is 0. The van der Waals surface area contributed by atoms with Crippen LogP contribution < -0.4 is 16.5 Å². The number of benzene rings is 1. The van der Waals surface area contributed by atoms with Gasteiger partial charge in [0.05, 0.1) is 23.7 Å². The summed E-state index contributed by atoms with van der Waals surface area (Å²) >= 11 is 7.61. The number of nitrogens with zero attached hydrogens (tertiary/aromatic N) is 5. The molecule has 3 aliphatic rings. The third-order valence-electron chi connectivity index (χ3n) is 7.11. The van der Waals surface area contributed by atoms with Gasteiger partial charge in [-0.15, -0.1) is 11.3 Å². The molecule has 5 amide bonds. The Balaban J connectivity index is 1.31. The second-order valence-corrected chi connectivity index (χ2v) is 12.6. The van der Waals surface area contributed by atoms with E-state index < -0.39 is 86.9 Å². The maximum Gasteiger partial charge on any atom is 0.347 e. The minimum absolute atomic E-state index is 0.0613. The summed E-state index contributed by atoms with van der Waals surface area (Å²) in [4.78, 5) is 85.1. The fraction of sp³-hybridized carbons (Fsp3) is 0.333. The topological polar surface area (TPSA) is 278 Å². The van der Waals surface area contributed by atoms with E-state index in [0.717, 1.165) is 50.0 Å². The number of carboxylic acid groups (broad SMARTS) is 2. The van der Waals surface area contributed by atoms with Crippen LogP contribution in [-0.4, -0.2) is 124 Å². The number of nitrogens with two attached hydrogens (primary N) is 1. The number of aromatic hydroxyl groups is 2. The minimum Gasteiger partial charge on any atom is -0.504 e. The van der Waals surface area contributed by atoms with Crippen LogP contribution in [0.15, 0.2) is 22.7 Å². The summed E-state index contributed by atoms with van der Waals surface area (Å²) in [5, 5.41) is 45.6. The van der Waals surface area contributed by atoms with Gasteiger partial charge in [0.25, 0.3) is 11.8 Å². The number of carbonyl (C=O) groups excluding carboxylic acids is 4. The van der Waals surface area contributed by atoms with E-state index in [2.05, 4.69) is 20.9 Å². The average Bonchev–Trinajstić information content (AvgIpc) is 3.70. The number of anilines is 1. The predicted octanol–water partition coefficient (Wildman–Crippen LogP) is -0.753. The summed E-state index contributed by atoms with van der Waals surface area (Å²) in [6.07, 6.45) is -1.44. The molecule has 0 radical (unpaired) electrons. The first-order chi connectivity index (χ1) is 21.7. The molecule has 3 fully saturated rings. The van der Waals surface area contributed by atoms with E-state index in [1.54, 1.807) is 0 Å². The zero-order chi connectivity index (χ0) is 33.7. The zero-order valence-corrected chi connectivity index (χ0v) is 25.6. The Kier molecular flexibility index (Phi) is 8.49. The third kappa shape index (κ3) is 5.51. The first-order valence-corrected chi connectivity index (χ1v) is 15.1. The van der Waals surface area contributed by atoms with E-state index in [9.17, 15) is 44.1 Å². The number of amides is 5. The summed E-state index contributed by atoms with van der Waals surface area (Å²) in [6, 6.07) is -0.0583. The molecule has 8 N–H and O–H groups in total. The molecule has 1 aromatic carbocycles. The second kappa shape index (κ2) is 12.1. The van der Waals surface area contributed by atoms with Gasteiger partial charge in [0.2, 0.25) is 16.9 Å². The van der Waals surface area contributed by atoms with Gasteiger partial charge in [-0.25, -0.2) is 24.4 Å². The number of halogens is 1. The van der Waals surface area contributed by atoms with Gasteiger partial charge >= 0.3 is 18.0 Å². The van der Waals surface area contributed by atoms with E-state index in [-0.39, 0.29) is 29.5 Å². The number of fused-ring (bicyclic) bond motifs is 1. The molecule has 244 valence electrons. The summed E-state index contributed by atoms with van der Waals surface area (Å²) in [6.45, 7) is 0.382. The van der Waals surface area contributed by atoms with Crippen LogP contribution >= 0.6 is 34.7 Å². The lowest BCUT2D eigenvalue weighted by Crippen LogP contribution is -2.68. The summed E-state index contributed by atoms with van der Waals surface area (Å²) in [7, 11) is 0. The number of β-lactam (4-membered cyclic amide) rings is 1. The zero-order valence-electron chi connectivity index (χ0n) is 23.2. The first kappa shape index (κ1) is 32.4. The highest BCUT2D eigenvalue weighted by molar-refractivity contribution is 8.02. The van der Waals surface area contributed by atoms with E-state index >= 15 is 0 Å². The van der Waals surface area contributed by atoms with Crippen molar-refractivity contribution < 1.29 is 54.0 Å². The fourth-order valence-corrected chi connectivity index (χ4v) is 7.11. The smallest absolute Gasteiger partial charge is 0.347 e. The second-order valence-electron chi connectivity index (χ2n) is 9.93. The molecule has 19 nitrogen and oxygen atoms in total. The maximum absolute atomic E-state index is 13.3. The SMILES string of the molecule is C[C@H](O/N=C(\C(=O)N[C@@H]1C(=O)N2C[C@@](C(=O)O)(N3CCN(NC(=O)c4ccc(O)c(O)c4Cl)C3=O)S[C@H]12)c1csc(N)n1)C(=O)O. The van der Waals surface area contributed by atoms with Crippen molar-refractivity contribution in [2.45, 2.75) is 29.3 Å². The number of urea groups is 1. The van der Waals surface area contributed by atoms with Gasteiger partial charge in [0.1, 0.15) is 17.1 Å². The number of aromatic nitrogens is 1. The number of oxime groups is 1. The molecule has 46 heavy (non-hydrogen) atoms. The Morgan fingerprint density at radius 2 is 1.93 bits per heavy atom. The number of thioether (sulfide) groups is 1. The third-order valence-corrected chi connectivity index (χ3v) is 9.85. The number of phenolic OH excluding ortho intramolecular Hbond substituents is 2. The molecule has 5 rings (SSSR count). The Labute approximate surface area is 270 Å². The van der Waals surface area contributed by atoms with Crippen molar-refractivity contribution in [3.8, 4) is 11.5 Å². The monoisotopic (exact) mass is 698 g/mol. The van der Waals surface area contributed by atoms with Crippen molar-refractivity contribution in [2.75, 3.05) is 25.4 Å². The van der Waals surface area contributed by atoms with Crippen molar-refractivity contribution in [2.24, 2.45) is 5.16 Å². The van der Waals surface area contributed by atoms with Crippen LogP contribution in [0.3, 0.4) is 0 Å². The van der Waals surface area contributed by atoms with Crippen LogP contribution in [0.4, 0.5) is 9.93 Å². The van der Waals surface area contributed by atoms with E-state index in [4.69, 9.17) is 27.3 Å². The Hall–Kier alpha value is -5.02. The molecule has 0 spiro atoms. The number of aliphatic carboxylic acids is 2. The van der Waals surface area contributed by atoms with E-state index in [1.165, 1.54) is 12.3 Å². The molecule has 0 saturated carbocycles. The van der Waals surface area contributed by atoms with Crippen molar-refractivity contribution in [1.29, 1.82) is 0 Å². The van der Waals surface area contributed by atoms with Crippen molar-refractivity contribution >= 4 is 81.2 Å². The van der Waals surface area contributed by atoms with Crippen LogP contribution in [0.1, 0.15) is 23.0 Å². The first-order valence-electron chi connectivity index (χ1n) is 13.0. The Morgan fingerprint density at radius 3 is 2.57 bits per heavy atom. The molecule has 3 aliphatic heterocycles. The number of hydrazine groups is 1. The van der Waals surface area contributed by atoms with E-state index in [0.29, 0.717) is 0 Å². The van der Waals surface area contributed by atoms with Crippen LogP contribution in [0, 0.1) is 0 Å². The molecule has 22 heteroatoms. The number of hydrogen-bond acceptors (Lipinski definition) is 14. The van der Waals surface area contributed by atoms with Crippen LogP contribution in [0.2, 0.25) is 5.02 Å². The lowest BCUT2D eigenvalue weighted by molar-refractivity contribution is -0.151. The molecule has 2 aromatic rings. The molecule has 4 heterocycles. The minimum atomic E-state index is -2.01. The number of nitrogen functional groups attached to an aromatic ring is 1. The van der Waals surface area contributed by atoms with Gasteiger partial charge in [0.15, 0.2) is 22.3 Å². The molecular formula is C24H23ClN8O11S2. The molecule has 1 aromatic heterocycles. The van der Waals surface area contributed by atoms with Crippen LogP contribution in [0.25, 0.3) is 0 Å². The molecule has 0 bridgehead atoms. The Bertz CT molecular complexity index is 1710. The van der Waals surface area contributed by atoms with Gasteiger partial charge in [0, 0.05) is 11.9 Å². The van der Waals surface area contributed by atoms with E-state index in [1.807, 2.05) is 0 Å². The molecule has 0 unspecified atom stereocenters. The maximum atomic E-state index is 13.3. The number of rotatable bonds is 10. The number of carbonyl (C=O) groups is 6. The lowest BCUT2D eigenvalue weighted by Gasteiger charge is -2.41. The van der Waals surface area contributed by atoms with Crippen molar-refractivity contribution in [3.05, 3.63) is 33.8 Å². The molecule has 3 saturated heterocycles. The number of carboxylic acids is 2. The molecule has 4 atom stereocenters. The number of hydrogen-bond donors (Lipinski definition) is 7. The molecule has 0 aliphatic carbocycles. The number of phenols is 2. The quantitative estimate of drug-likeness (QED) is 0.0696. The highest BCUT2D eigenvalue weighted by Crippen LogP contribution is 2.49. The van der Waals surface area contributed by atoms with Gasteiger partial charge < -0.3 is 41.2 Å². The van der Waals surface area contributed by atoms with Crippen molar-refractivity contribution in [3.63, 3.8) is 0 Å².